The SMILES string of the molecule is CC(C)C(c1ccncc1Sc1cccc([N+](=O)[O-])c1)c1nccn1C=O. The van der Waals surface area contributed by atoms with Crippen LogP contribution in [0.1, 0.15) is 31.2 Å². The summed E-state index contributed by atoms with van der Waals surface area (Å²) in [5.41, 5.74) is 1.02. The van der Waals surface area contributed by atoms with Crippen molar-refractivity contribution in [3.05, 3.63) is 76.6 Å². The first-order chi connectivity index (χ1) is 13.0. The molecule has 0 aliphatic rings. The van der Waals surface area contributed by atoms with Crippen molar-refractivity contribution in [3.8, 4) is 0 Å². The van der Waals surface area contributed by atoms with E-state index < -0.39 is 4.92 Å². The number of imidazole rings is 1. The van der Waals surface area contributed by atoms with Crippen LogP contribution in [0.2, 0.25) is 0 Å². The van der Waals surface area contributed by atoms with Crippen LogP contribution in [0.5, 0.6) is 0 Å². The smallest absolute Gasteiger partial charge is 0.270 e. The van der Waals surface area contributed by atoms with E-state index in [1.54, 1.807) is 30.9 Å². The number of carbonyl (C=O) groups excluding carboxylic acids is 1. The summed E-state index contributed by atoms with van der Waals surface area (Å²) in [6, 6.07) is 8.40. The van der Waals surface area contributed by atoms with Gasteiger partial charge in [-0.15, -0.1) is 0 Å². The number of pyridine rings is 1. The Labute approximate surface area is 160 Å². The summed E-state index contributed by atoms with van der Waals surface area (Å²) in [6.45, 7) is 4.13. The standard InChI is InChI=1S/C19H18N4O3S/c1-13(2)18(19-21-8-9-22(19)12-24)16-6-7-20-11-17(16)27-15-5-3-4-14(10-15)23(25)26/h3-13,18H,1-2H3. The Morgan fingerprint density at radius 3 is 2.78 bits per heavy atom. The van der Waals surface area contributed by atoms with Gasteiger partial charge in [0.05, 0.1) is 4.92 Å². The second-order valence-corrected chi connectivity index (χ2v) is 7.41. The van der Waals surface area contributed by atoms with Crippen LogP contribution in [-0.4, -0.2) is 25.9 Å². The number of non-ortho nitro benzene ring substituents is 1. The highest BCUT2D eigenvalue weighted by atomic mass is 32.2. The maximum absolute atomic E-state index is 11.4. The minimum absolute atomic E-state index is 0.0438. The quantitative estimate of drug-likeness (QED) is 0.346. The minimum Gasteiger partial charge on any atom is -0.278 e. The largest absolute Gasteiger partial charge is 0.278 e. The first kappa shape index (κ1) is 18.8. The Morgan fingerprint density at radius 1 is 1.26 bits per heavy atom. The average molecular weight is 382 g/mol. The van der Waals surface area contributed by atoms with E-state index in [9.17, 15) is 14.9 Å². The van der Waals surface area contributed by atoms with Gasteiger partial charge >= 0.3 is 0 Å². The van der Waals surface area contributed by atoms with Gasteiger partial charge in [-0.3, -0.25) is 24.5 Å². The van der Waals surface area contributed by atoms with E-state index in [-0.39, 0.29) is 17.5 Å². The summed E-state index contributed by atoms with van der Waals surface area (Å²) in [5, 5.41) is 11.0. The number of aromatic nitrogens is 3. The van der Waals surface area contributed by atoms with Crippen LogP contribution in [0, 0.1) is 16.0 Å². The van der Waals surface area contributed by atoms with Gasteiger partial charge in [0.2, 0.25) is 6.41 Å². The van der Waals surface area contributed by atoms with E-state index >= 15 is 0 Å². The first-order valence-corrected chi connectivity index (χ1v) is 9.17. The van der Waals surface area contributed by atoms with Gasteiger partial charge in [-0.05, 0) is 23.6 Å². The number of nitro benzene ring substituents is 1. The van der Waals surface area contributed by atoms with E-state index in [1.807, 2.05) is 12.1 Å². The fourth-order valence-electron chi connectivity index (χ4n) is 2.97. The molecule has 0 N–H and O–H groups in total. The molecule has 27 heavy (non-hydrogen) atoms. The molecule has 1 aromatic carbocycles. The average Bonchev–Trinajstić information content (AvgIpc) is 3.11. The molecular formula is C19H18N4O3S. The molecule has 2 aromatic heterocycles. The fourth-order valence-corrected chi connectivity index (χ4v) is 3.98. The van der Waals surface area contributed by atoms with Crippen molar-refractivity contribution in [2.24, 2.45) is 5.92 Å². The van der Waals surface area contributed by atoms with Gasteiger partial charge in [-0.25, -0.2) is 4.98 Å². The van der Waals surface area contributed by atoms with Gasteiger partial charge < -0.3 is 0 Å². The zero-order valence-corrected chi connectivity index (χ0v) is 15.7. The van der Waals surface area contributed by atoms with Gasteiger partial charge in [0.15, 0.2) is 0 Å². The van der Waals surface area contributed by atoms with Crippen LogP contribution < -0.4 is 0 Å². The van der Waals surface area contributed by atoms with E-state index in [4.69, 9.17) is 0 Å². The van der Waals surface area contributed by atoms with Crippen LogP contribution in [0.4, 0.5) is 5.69 Å². The zero-order chi connectivity index (χ0) is 19.4. The van der Waals surface area contributed by atoms with Crippen molar-refractivity contribution in [1.29, 1.82) is 0 Å². The monoisotopic (exact) mass is 382 g/mol. The summed E-state index contributed by atoms with van der Waals surface area (Å²) in [4.78, 5) is 32.2. The second-order valence-electron chi connectivity index (χ2n) is 6.29. The molecule has 8 heteroatoms. The van der Waals surface area contributed by atoms with Crippen molar-refractivity contribution in [2.75, 3.05) is 0 Å². The third-order valence-electron chi connectivity index (χ3n) is 4.16. The molecular weight excluding hydrogens is 364 g/mol. The van der Waals surface area contributed by atoms with Gasteiger partial charge in [-0.1, -0.05) is 31.7 Å². The highest BCUT2D eigenvalue weighted by molar-refractivity contribution is 7.99. The van der Waals surface area contributed by atoms with Crippen molar-refractivity contribution >= 4 is 23.9 Å². The molecule has 7 nitrogen and oxygen atoms in total. The van der Waals surface area contributed by atoms with Gasteiger partial charge in [0.1, 0.15) is 5.82 Å². The van der Waals surface area contributed by atoms with E-state index in [0.29, 0.717) is 5.82 Å². The molecule has 0 spiro atoms. The van der Waals surface area contributed by atoms with Gasteiger partial charge in [0, 0.05) is 52.6 Å². The van der Waals surface area contributed by atoms with Crippen LogP contribution in [0.25, 0.3) is 0 Å². The maximum Gasteiger partial charge on any atom is 0.270 e. The van der Waals surface area contributed by atoms with Crippen LogP contribution in [0.15, 0.2) is 64.9 Å². The van der Waals surface area contributed by atoms with Crippen molar-refractivity contribution < 1.29 is 9.72 Å². The molecule has 0 amide bonds. The van der Waals surface area contributed by atoms with Crippen molar-refractivity contribution in [1.82, 2.24) is 14.5 Å². The number of nitrogens with zero attached hydrogens (tertiary/aromatic N) is 4. The third-order valence-corrected chi connectivity index (χ3v) is 5.22. The molecule has 0 saturated heterocycles. The molecule has 0 aliphatic heterocycles. The number of carbonyl (C=O) groups is 1. The number of benzene rings is 1. The Balaban J connectivity index is 2.03. The van der Waals surface area contributed by atoms with Crippen LogP contribution in [0.3, 0.4) is 0 Å². The van der Waals surface area contributed by atoms with Gasteiger partial charge in [-0.2, -0.15) is 0 Å². The third kappa shape index (κ3) is 4.06. The molecule has 0 fully saturated rings. The number of hydrogen-bond acceptors (Lipinski definition) is 6. The Morgan fingerprint density at radius 2 is 2.07 bits per heavy atom. The lowest BCUT2D eigenvalue weighted by Crippen LogP contribution is -2.16. The van der Waals surface area contributed by atoms with E-state index in [1.165, 1.54) is 28.5 Å². The summed E-state index contributed by atoms with van der Waals surface area (Å²) >= 11 is 1.41. The summed E-state index contributed by atoms with van der Waals surface area (Å²) in [6.07, 6.45) is 7.42. The predicted molar refractivity (Wildman–Crippen MR) is 103 cm³/mol. The zero-order valence-electron chi connectivity index (χ0n) is 14.9. The molecule has 0 aliphatic carbocycles. The summed E-state index contributed by atoms with van der Waals surface area (Å²) in [7, 11) is 0. The van der Waals surface area contributed by atoms with Crippen molar-refractivity contribution in [2.45, 2.75) is 29.6 Å². The molecule has 3 rings (SSSR count). The molecule has 2 heterocycles. The second kappa shape index (κ2) is 8.13. The normalized spacial score (nSPS) is 12.1. The number of rotatable bonds is 7. The van der Waals surface area contributed by atoms with E-state index in [0.717, 1.165) is 21.8 Å². The van der Waals surface area contributed by atoms with E-state index in [2.05, 4.69) is 23.8 Å². The van der Waals surface area contributed by atoms with Gasteiger partial charge in [0.25, 0.3) is 5.69 Å². The summed E-state index contributed by atoms with van der Waals surface area (Å²) < 4.78 is 1.48. The Bertz CT molecular complexity index is 971. The minimum atomic E-state index is -0.411. The molecule has 1 atom stereocenters. The predicted octanol–water partition coefficient (Wildman–Crippen LogP) is 4.16. The molecule has 3 aromatic rings. The molecule has 0 radical (unpaired) electrons. The Hall–Kier alpha value is -3.00. The van der Waals surface area contributed by atoms with Crippen LogP contribution >= 0.6 is 11.8 Å². The number of hydrogen-bond donors (Lipinski definition) is 0. The maximum atomic E-state index is 11.4. The van der Waals surface area contributed by atoms with Crippen molar-refractivity contribution in [3.63, 3.8) is 0 Å². The lowest BCUT2D eigenvalue weighted by Gasteiger charge is -2.23. The van der Waals surface area contributed by atoms with Crippen LogP contribution in [-0.2, 0) is 4.79 Å². The molecule has 0 saturated carbocycles. The highest BCUT2D eigenvalue weighted by Crippen LogP contribution is 2.39. The molecule has 138 valence electrons. The summed E-state index contributed by atoms with van der Waals surface area (Å²) in [5.74, 6) is 0.722. The molecule has 0 bridgehead atoms. The number of nitro groups is 1. The Kier molecular flexibility index (Phi) is 5.66. The fraction of sp³-hybridized carbons (Fsp3) is 0.211. The first-order valence-electron chi connectivity index (χ1n) is 8.35. The highest BCUT2D eigenvalue weighted by Gasteiger charge is 2.25. The topological polar surface area (TPSA) is 90.9 Å². The lowest BCUT2D eigenvalue weighted by atomic mass is 9.88. The lowest BCUT2D eigenvalue weighted by molar-refractivity contribution is -0.385. The molecule has 1 unspecified atom stereocenters.